The summed E-state index contributed by atoms with van der Waals surface area (Å²) in [6.07, 6.45) is 2.80. The lowest BCUT2D eigenvalue weighted by molar-refractivity contribution is -0.142. The van der Waals surface area contributed by atoms with Crippen molar-refractivity contribution in [1.29, 1.82) is 5.26 Å². The van der Waals surface area contributed by atoms with E-state index in [1.54, 1.807) is 18.5 Å². The number of esters is 1. The molecule has 12 heteroatoms. The number of aromatic nitrogens is 3. The number of hydrogen-bond donors (Lipinski definition) is 3. The topological polar surface area (TPSA) is 157 Å². The van der Waals surface area contributed by atoms with Crippen molar-refractivity contribution < 1.29 is 23.9 Å². The van der Waals surface area contributed by atoms with E-state index in [0.29, 0.717) is 5.82 Å². The first kappa shape index (κ1) is 28.7. The van der Waals surface area contributed by atoms with Gasteiger partial charge in [-0.2, -0.15) is 5.10 Å². The molecule has 184 valence electrons. The number of benzene rings is 1. The van der Waals surface area contributed by atoms with E-state index in [0.717, 1.165) is 29.8 Å². The molecular formula is C22H31N6O5P. The number of nitrogens with zero attached hydrogens (tertiary/aromatic N) is 4. The van der Waals surface area contributed by atoms with Crippen LogP contribution >= 0.6 is 8.96 Å². The molecule has 0 aliphatic rings. The maximum absolute atomic E-state index is 11.0. The minimum atomic E-state index is -0.350. The van der Waals surface area contributed by atoms with Gasteiger partial charge in [0.15, 0.2) is 5.82 Å². The van der Waals surface area contributed by atoms with E-state index in [1.807, 2.05) is 42.5 Å². The number of hydrogen-bond acceptors (Lipinski definition) is 10. The number of carbonyl (C=O) groups is 1. The van der Waals surface area contributed by atoms with Crippen LogP contribution in [0.5, 0.6) is 5.75 Å². The standard InChI is InChI=1S/C11H16N4O2.C10H14NO3P.CHN/c1-17-9(6-16)4-2-8-3-5-10-11(12)13-7-14-15(8)10;1-8(10(12)13-2)11-15-14-9-6-4-3-5-7-9;1-2/h3,5,7,9,16H,2,4,6H2,1H3,(H2,12,13,14);3-8,11,15H,1-2H3;1H. The number of carbonyl (C=O) groups excluding carboxylic acids is 1. The average Bonchev–Trinajstić information content (AvgIpc) is 3.31. The molecule has 3 atom stereocenters. The molecule has 0 spiro atoms. The smallest absolute Gasteiger partial charge is 0.322 e. The molecular weight excluding hydrogens is 459 g/mol. The SMILES string of the molecule is C#N.COC(=O)C(C)NPOc1ccccc1.COC(CO)CCc1ccc2c(N)ncnn12. The van der Waals surface area contributed by atoms with Crippen molar-refractivity contribution in [2.24, 2.45) is 0 Å². The quantitative estimate of drug-likeness (QED) is 0.284. The van der Waals surface area contributed by atoms with Gasteiger partial charge in [-0.3, -0.25) is 9.88 Å². The highest BCUT2D eigenvalue weighted by atomic mass is 31.1. The molecule has 0 radical (unpaired) electrons. The van der Waals surface area contributed by atoms with E-state index in [4.69, 9.17) is 25.4 Å². The van der Waals surface area contributed by atoms with Gasteiger partial charge in [0.1, 0.15) is 32.6 Å². The van der Waals surface area contributed by atoms with Crippen LogP contribution in [0.25, 0.3) is 5.52 Å². The third kappa shape index (κ3) is 9.29. The number of aryl methyl sites for hydroxylation is 1. The van der Waals surface area contributed by atoms with Gasteiger partial charge in [-0.25, -0.2) is 14.8 Å². The van der Waals surface area contributed by atoms with Crippen LogP contribution in [0.2, 0.25) is 0 Å². The molecule has 3 rings (SSSR count). The van der Waals surface area contributed by atoms with Crippen LogP contribution in [0.3, 0.4) is 0 Å². The number of fused-ring (bicyclic) bond motifs is 1. The number of aliphatic hydroxyl groups is 1. The Kier molecular flexibility index (Phi) is 13.8. The van der Waals surface area contributed by atoms with Crippen molar-refractivity contribution in [3.05, 3.63) is 54.5 Å². The van der Waals surface area contributed by atoms with Gasteiger partial charge in [-0.05, 0) is 44.0 Å². The molecule has 1 aromatic carbocycles. The summed E-state index contributed by atoms with van der Waals surface area (Å²) in [4.78, 5) is 14.9. The zero-order chi connectivity index (χ0) is 25.3. The van der Waals surface area contributed by atoms with Crippen LogP contribution in [0.15, 0.2) is 48.8 Å². The minimum absolute atomic E-state index is 0.0247. The fourth-order valence-corrected chi connectivity index (χ4v) is 3.30. The molecule has 2 aromatic heterocycles. The molecule has 0 amide bonds. The normalized spacial score (nSPS) is 12.2. The van der Waals surface area contributed by atoms with Crippen molar-refractivity contribution in [1.82, 2.24) is 19.7 Å². The number of ether oxygens (including phenoxy) is 2. The third-order valence-electron chi connectivity index (χ3n) is 4.56. The van der Waals surface area contributed by atoms with Crippen LogP contribution in [0, 0.1) is 11.8 Å². The number of rotatable bonds is 10. The number of methoxy groups -OCH3 is 2. The molecule has 0 aliphatic heterocycles. The molecule has 0 saturated heterocycles. The first-order valence-corrected chi connectivity index (χ1v) is 11.2. The van der Waals surface area contributed by atoms with Crippen LogP contribution in [0.4, 0.5) is 5.82 Å². The summed E-state index contributed by atoms with van der Waals surface area (Å²) in [5, 5.41) is 22.6. The van der Waals surface area contributed by atoms with Crippen molar-refractivity contribution >= 4 is 26.3 Å². The van der Waals surface area contributed by atoms with Crippen LogP contribution in [0.1, 0.15) is 19.0 Å². The lowest BCUT2D eigenvalue weighted by Crippen LogP contribution is -2.29. The van der Waals surface area contributed by atoms with Gasteiger partial charge in [0.05, 0.1) is 19.8 Å². The molecule has 2 heterocycles. The molecule has 0 aliphatic carbocycles. The average molecular weight is 491 g/mol. The van der Waals surface area contributed by atoms with Gasteiger partial charge in [-0.15, -0.1) is 0 Å². The Balaban J connectivity index is 0.000000320. The first-order chi connectivity index (χ1) is 16.5. The molecule has 0 saturated carbocycles. The van der Waals surface area contributed by atoms with Crippen LogP contribution in [-0.4, -0.2) is 58.6 Å². The van der Waals surface area contributed by atoms with Crippen molar-refractivity contribution in [2.75, 3.05) is 26.6 Å². The van der Waals surface area contributed by atoms with Gasteiger partial charge < -0.3 is 24.8 Å². The van der Waals surface area contributed by atoms with Crippen molar-refractivity contribution in [3.8, 4) is 12.3 Å². The maximum atomic E-state index is 11.0. The number of nitrogens with one attached hydrogen (secondary N) is 1. The van der Waals surface area contributed by atoms with E-state index in [1.165, 1.54) is 13.4 Å². The van der Waals surface area contributed by atoms with E-state index in [-0.39, 0.29) is 33.7 Å². The molecule has 0 fully saturated rings. The summed E-state index contributed by atoms with van der Waals surface area (Å²) in [6.45, 7) is 5.25. The van der Waals surface area contributed by atoms with Gasteiger partial charge in [0.2, 0.25) is 0 Å². The number of anilines is 1. The molecule has 3 aromatic rings. The molecule has 3 unspecified atom stereocenters. The number of nitriles is 1. The Labute approximate surface area is 200 Å². The summed E-state index contributed by atoms with van der Waals surface area (Å²) in [7, 11) is 2.99. The third-order valence-corrected chi connectivity index (χ3v) is 5.45. The maximum Gasteiger partial charge on any atom is 0.322 e. The van der Waals surface area contributed by atoms with E-state index >= 15 is 0 Å². The summed E-state index contributed by atoms with van der Waals surface area (Å²) >= 11 is 0. The zero-order valence-electron chi connectivity index (χ0n) is 19.4. The molecule has 11 nitrogen and oxygen atoms in total. The van der Waals surface area contributed by atoms with Crippen LogP contribution in [-0.2, 0) is 20.7 Å². The van der Waals surface area contributed by atoms with Crippen molar-refractivity contribution in [3.63, 3.8) is 0 Å². The number of para-hydroxylation sites is 1. The lowest BCUT2D eigenvalue weighted by Gasteiger charge is -2.11. The fraction of sp³-hybridized carbons (Fsp3) is 0.364. The van der Waals surface area contributed by atoms with E-state index in [9.17, 15) is 4.79 Å². The number of nitrogens with two attached hydrogens (primary N) is 1. The Morgan fingerprint density at radius 1 is 1.26 bits per heavy atom. The lowest BCUT2D eigenvalue weighted by atomic mass is 10.1. The van der Waals surface area contributed by atoms with Gasteiger partial charge in [-0.1, -0.05) is 18.2 Å². The second-order valence-corrected chi connectivity index (χ2v) is 7.45. The number of nitrogen functional groups attached to an aromatic ring is 1. The summed E-state index contributed by atoms with van der Waals surface area (Å²) < 4.78 is 16.8. The summed E-state index contributed by atoms with van der Waals surface area (Å²) in [5.74, 6) is 0.955. The molecule has 4 N–H and O–H groups in total. The van der Waals surface area contributed by atoms with Crippen molar-refractivity contribution in [2.45, 2.75) is 31.9 Å². The summed E-state index contributed by atoms with van der Waals surface area (Å²) in [5.41, 5.74) is 7.58. The van der Waals surface area contributed by atoms with E-state index in [2.05, 4.69) is 26.5 Å². The number of aliphatic hydroxyl groups excluding tert-OH is 1. The minimum Gasteiger partial charge on any atom is -0.468 e. The second kappa shape index (κ2) is 16.3. The van der Waals surface area contributed by atoms with Gasteiger partial charge in [0, 0.05) is 19.4 Å². The van der Waals surface area contributed by atoms with Gasteiger partial charge >= 0.3 is 5.97 Å². The van der Waals surface area contributed by atoms with E-state index < -0.39 is 0 Å². The first-order valence-electron chi connectivity index (χ1n) is 10.3. The predicted octanol–water partition coefficient (Wildman–Crippen LogP) is 2.12. The van der Waals surface area contributed by atoms with Gasteiger partial charge in [0.25, 0.3) is 0 Å². The predicted molar refractivity (Wildman–Crippen MR) is 130 cm³/mol. The Morgan fingerprint density at radius 2 is 1.97 bits per heavy atom. The summed E-state index contributed by atoms with van der Waals surface area (Å²) in [6, 6.07) is 12.9. The Bertz CT molecular complexity index is 997. The van der Waals surface area contributed by atoms with Crippen LogP contribution < -0.4 is 15.3 Å². The largest absolute Gasteiger partial charge is 0.468 e. The fourth-order valence-electron chi connectivity index (χ4n) is 2.69. The second-order valence-electron chi connectivity index (χ2n) is 6.75. The highest BCUT2D eigenvalue weighted by Gasteiger charge is 2.12. The monoisotopic (exact) mass is 490 g/mol. The molecule has 34 heavy (non-hydrogen) atoms. The zero-order valence-corrected chi connectivity index (χ0v) is 20.4. The molecule has 0 bridgehead atoms. The Morgan fingerprint density at radius 3 is 2.59 bits per heavy atom. The highest BCUT2D eigenvalue weighted by Crippen LogP contribution is 2.17. The Hall–Kier alpha value is -3.29. The highest BCUT2D eigenvalue weighted by molar-refractivity contribution is 7.30.